The number of rotatable bonds is 3. The maximum atomic E-state index is 11.7. The molecule has 2 amide bonds. The van der Waals surface area contributed by atoms with Gasteiger partial charge in [0.15, 0.2) is 0 Å². The summed E-state index contributed by atoms with van der Waals surface area (Å²) in [4.78, 5) is 24.4. The fourth-order valence-corrected chi connectivity index (χ4v) is 2.99. The molecule has 1 atom stereocenters. The lowest BCUT2D eigenvalue weighted by Gasteiger charge is -2.21. The van der Waals surface area contributed by atoms with Crippen molar-refractivity contribution in [1.82, 2.24) is 5.32 Å². The second-order valence-electron chi connectivity index (χ2n) is 5.10. The summed E-state index contributed by atoms with van der Waals surface area (Å²) >= 11 is 1.56. The Balaban J connectivity index is 1.71. The van der Waals surface area contributed by atoms with Crippen LogP contribution in [0.25, 0.3) is 0 Å². The van der Waals surface area contributed by atoms with Gasteiger partial charge in [0.2, 0.25) is 11.8 Å². The number of hydrogen-bond donors (Lipinski definition) is 2. The third kappa shape index (κ3) is 2.92. The van der Waals surface area contributed by atoms with Gasteiger partial charge in [-0.25, -0.2) is 0 Å². The Bertz CT molecular complexity index is 540. The number of fused-ring (bicyclic) bond motifs is 1. The van der Waals surface area contributed by atoms with Crippen LogP contribution in [-0.4, -0.2) is 23.1 Å². The van der Waals surface area contributed by atoms with Crippen molar-refractivity contribution in [3.05, 3.63) is 23.8 Å². The van der Waals surface area contributed by atoms with Gasteiger partial charge in [0, 0.05) is 10.9 Å². The largest absolute Gasteiger partial charge is 0.353 e. The van der Waals surface area contributed by atoms with Crippen molar-refractivity contribution in [3.63, 3.8) is 0 Å². The van der Waals surface area contributed by atoms with E-state index < -0.39 is 0 Å². The lowest BCUT2D eigenvalue weighted by atomic mass is 10.1. The molecule has 1 fully saturated rings. The second-order valence-corrected chi connectivity index (χ2v) is 6.48. The van der Waals surface area contributed by atoms with Gasteiger partial charge in [-0.15, -0.1) is 11.8 Å². The van der Waals surface area contributed by atoms with Gasteiger partial charge in [0.25, 0.3) is 0 Å². The summed E-state index contributed by atoms with van der Waals surface area (Å²) < 4.78 is 0. The van der Waals surface area contributed by atoms with E-state index in [1.165, 1.54) is 0 Å². The van der Waals surface area contributed by atoms with Crippen molar-refractivity contribution in [3.8, 4) is 0 Å². The highest BCUT2D eigenvalue weighted by molar-refractivity contribution is 8.00. The number of benzene rings is 1. The third-order valence-electron chi connectivity index (χ3n) is 3.28. The number of nitrogens with one attached hydrogen (secondary N) is 2. The first-order chi connectivity index (χ1) is 9.11. The summed E-state index contributed by atoms with van der Waals surface area (Å²) in [6.45, 7) is 1.89. The van der Waals surface area contributed by atoms with Crippen molar-refractivity contribution >= 4 is 29.3 Å². The van der Waals surface area contributed by atoms with E-state index in [4.69, 9.17) is 0 Å². The molecule has 0 saturated heterocycles. The maximum absolute atomic E-state index is 11.7. The molecule has 2 N–H and O–H groups in total. The first-order valence-electron chi connectivity index (χ1n) is 6.51. The molecule has 1 aliphatic carbocycles. The van der Waals surface area contributed by atoms with E-state index in [-0.39, 0.29) is 17.1 Å². The molecule has 1 aliphatic heterocycles. The Labute approximate surface area is 116 Å². The quantitative estimate of drug-likeness (QED) is 0.887. The van der Waals surface area contributed by atoms with Gasteiger partial charge in [-0.3, -0.25) is 9.59 Å². The second kappa shape index (κ2) is 4.89. The van der Waals surface area contributed by atoms with Gasteiger partial charge in [-0.1, -0.05) is 6.07 Å². The molecule has 100 valence electrons. The fourth-order valence-electron chi connectivity index (χ4n) is 2.06. The first kappa shape index (κ1) is 12.5. The normalized spacial score (nSPS) is 21.5. The molecule has 0 spiro atoms. The molecule has 1 heterocycles. The van der Waals surface area contributed by atoms with Crippen LogP contribution in [-0.2, 0) is 16.0 Å². The number of thioether (sulfide) groups is 1. The van der Waals surface area contributed by atoms with Gasteiger partial charge in [-0.05, 0) is 37.5 Å². The van der Waals surface area contributed by atoms with Gasteiger partial charge < -0.3 is 10.6 Å². The Morgan fingerprint density at radius 1 is 1.47 bits per heavy atom. The van der Waals surface area contributed by atoms with E-state index in [1.54, 1.807) is 11.8 Å². The molecule has 0 radical (unpaired) electrons. The summed E-state index contributed by atoms with van der Waals surface area (Å²) in [7, 11) is 0. The van der Waals surface area contributed by atoms with Gasteiger partial charge in [-0.2, -0.15) is 0 Å². The van der Waals surface area contributed by atoms with E-state index in [9.17, 15) is 9.59 Å². The van der Waals surface area contributed by atoms with Crippen LogP contribution in [0.4, 0.5) is 5.69 Å². The Hall–Kier alpha value is -1.49. The van der Waals surface area contributed by atoms with Crippen LogP contribution >= 0.6 is 11.8 Å². The van der Waals surface area contributed by atoms with E-state index in [0.717, 1.165) is 29.0 Å². The van der Waals surface area contributed by atoms with E-state index in [1.807, 2.05) is 25.1 Å². The van der Waals surface area contributed by atoms with E-state index in [2.05, 4.69) is 10.6 Å². The molecule has 5 heteroatoms. The molecular formula is C14H16N2O2S. The first-order valence-corrected chi connectivity index (χ1v) is 7.39. The van der Waals surface area contributed by atoms with Crippen LogP contribution in [0.2, 0.25) is 0 Å². The van der Waals surface area contributed by atoms with Crippen LogP contribution in [0.5, 0.6) is 0 Å². The molecule has 1 saturated carbocycles. The SMILES string of the molecule is CC1Sc2ccc(CC(=O)NC3CC3)cc2NC1=O. The number of carbonyl (C=O) groups is 2. The molecule has 4 nitrogen and oxygen atoms in total. The Morgan fingerprint density at radius 2 is 2.26 bits per heavy atom. The number of hydrogen-bond acceptors (Lipinski definition) is 3. The van der Waals surface area contributed by atoms with Gasteiger partial charge >= 0.3 is 0 Å². The van der Waals surface area contributed by atoms with Gasteiger partial charge in [0.1, 0.15) is 0 Å². The monoisotopic (exact) mass is 276 g/mol. The maximum Gasteiger partial charge on any atom is 0.237 e. The van der Waals surface area contributed by atoms with Crippen LogP contribution in [0.1, 0.15) is 25.3 Å². The van der Waals surface area contributed by atoms with E-state index in [0.29, 0.717) is 12.5 Å². The van der Waals surface area contributed by atoms with Crippen molar-refractivity contribution in [2.75, 3.05) is 5.32 Å². The zero-order valence-electron chi connectivity index (χ0n) is 10.7. The molecule has 1 aromatic rings. The highest BCUT2D eigenvalue weighted by Gasteiger charge is 2.25. The average Bonchev–Trinajstić information content (AvgIpc) is 3.15. The summed E-state index contributed by atoms with van der Waals surface area (Å²) in [5.74, 6) is 0.0858. The standard InChI is InChI=1S/C14H16N2O2S/c1-8-14(18)16-11-6-9(2-5-12(11)19-8)7-13(17)15-10-3-4-10/h2,5-6,8,10H,3-4,7H2,1H3,(H,15,17)(H,16,18). The summed E-state index contributed by atoms with van der Waals surface area (Å²) in [6.07, 6.45) is 2.57. The molecular weight excluding hydrogens is 260 g/mol. The molecule has 2 aliphatic rings. The van der Waals surface area contributed by atoms with E-state index >= 15 is 0 Å². The van der Waals surface area contributed by atoms with Crippen LogP contribution in [0, 0.1) is 0 Å². The van der Waals surface area contributed by atoms with Crippen LogP contribution < -0.4 is 10.6 Å². The number of amides is 2. The van der Waals surface area contributed by atoms with Crippen LogP contribution in [0.3, 0.4) is 0 Å². The fraction of sp³-hybridized carbons (Fsp3) is 0.429. The minimum atomic E-state index is -0.0588. The lowest BCUT2D eigenvalue weighted by molar-refractivity contribution is -0.120. The molecule has 1 aromatic carbocycles. The third-order valence-corrected chi connectivity index (χ3v) is 4.46. The highest BCUT2D eigenvalue weighted by atomic mass is 32.2. The zero-order valence-corrected chi connectivity index (χ0v) is 11.5. The molecule has 19 heavy (non-hydrogen) atoms. The molecule has 0 bridgehead atoms. The van der Waals surface area contributed by atoms with Crippen molar-refractivity contribution in [2.24, 2.45) is 0 Å². The minimum Gasteiger partial charge on any atom is -0.353 e. The Kier molecular flexibility index (Phi) is 3.22. The van der Waals surface area contributed by atoms with Crippen LogP contribution in [0.15, 0.2) is 23.1 Å². The minimum absolute atomic E-state index is 0.0251. The summed E-state index contributed by atoms with van der Waals surface area (Å²) in [6, 6.07) is 6.23. The van der Waals surface area contributed by atoms with Crippen molar-refractivity contribution < 1.29 is 9.59 Å². The smallest absolute Gasteiger partial charge is 0.237 e. The predicted octanol–water partition coefficient (Wildman–Crippen LogP) is 1.94. The highest BCUT2D eigenvalue weighted by Crippen LogP contribution is 2.36. The predicted molar refractivity (Wildman–Crippen MR) is 75.3 cm³/mol. The zero-order chi connectivity index (χ0) is 13.4. The van der Waals surface area contributed by atoms with Crippen molar-refractivity contribution in [1.29, 1.82) is 0 Å². The van der Waals surface area contributed by atoms with Crippen molar-refractivity contribution in [2.45, 2.75) is 42.4 Å². The Morgan fingerprint density at radius 3 is 3.00 bits per heavy atom. The molecule has 3 rings (SSSR count). The van der Waals surface area contributed by atoms with Gasteiger partial charge in [0.05, 0.1) is 17.4 Å². The topological polar surface area (TPSA) is 58.2 Å². The summed E-state index contributed by atoms with van der Waals surface area (Å²) in [5, 5.41) is 5.79. The summed E-state index contributed by atoms with van der Waals surface area (Å²) in [5.41, 5.74) is 1.76. The number of carbonyl (C=O) groups excluding carboxylic acids is 2. The molecule has 1 unspecified atom stereocenters. The lowest BCUT2D eigenvalue weighted by Crippen LogP contribution is -2.28. The number of anilines is 1. The average molecular weight is 276 g/mol. The molecule has 0 aromatic heterocycles.